The van der Waals surface area contributed by atoms with Crippen LogP contribution < -0.4 is 0 Å². The molecule has 0 aromatic heterocycles. The van der Waals surface area contributed by atoms with Gasteiger partial charge in [0.05, 0.1) is 6.61 Å². The molecule has 1 aliphatic carbocycles. The minimum atomic E-state index is 0.700. The quantitative estimate of drug-likeness (QED) is 0.461. The van der Waals surface area contributed by atoms with Gasteiger partial charge in [-0.15, -0.1) is 6.58 Å². The van der Waals surface area contributed by atoms with Gasteiger partial charge >= 0.3 is 0 Å². The molecule has 0 spiro atoms. The second-order valence-electron chi connectivity index (χ2n) is 7.54. The van der Waals surface area contributed by atoms with Crippen LogP contribution in [0.15, 0.2) is 61.2 Å². The van der Waals surface area contributed by atoms with Crippen molar-refractivity contribution < 1.29 is 4.74 Å². The highest BCUT2D eigenvalue weighted by Gasteiger charge is 2.21. The van der Waals surface area contributed by atoms with Crippen molar-refractivity contribution in [2.45, 2.75) is 58.0 Å². The van der Waals surface area contributed by atoms with Crippen molar-refractivity contribution in [1.29, 1.82) is 0 Å². The third-order valence-electron chi connectivity index (χ3n) is 5.77. The largest absolute Gasteiger partial charge is 0.377 e. The van der Waals surface area contributed by atoms with Gasteiger partial charge in [0.2, 0.25) is 0 Å². The highest BCUT2D eigenvalue weighted by Crippen LogP contribution is 2.38. The Balaban J connectivity index is 1.57. The van der Waals surface area contributed by atoms with Crippen molar-refractivity contribution in [3.05, 3.63) is 72.3 Å². The lowest BCUT2D eigenvalue weighted by molar-refractivity contribution is 0.134. The summed E-state index contributed by atoms with van der Waals surface area (Å²) in [7, 11) is 0. The molecule has 0 N–H and O–H groups in total. The summed E-state index contributed by atoms with van der Waals surface area (Å²) in [4.78, 5) is 0. The number of hydrogen-bond acceptors (Lipinski definition) is 1. The molecule has 0 aliphatic heterocycles. The molecule has 2 aromatic rings. The fourth-order valence-corrected chi connectivity index (χ4v) is 4.10. The van der Waals surface area contributed by atoms with Crippen molar-refractivity contribution in [2.24, 2.45) is 5.92 Å². The molecule has 1 aliphatic rings. The van der Waals surface area contributed by atoms with Crippen molar-refractivity contribution in [3.63, 3.8) is 0 Å². The normalized spacial score (nSPS) is 20.0. The molecule has 1 fully saturated rings. The molecule has 0 amide bonds. The zero-order chi connectivity index (χ0) is 18.2. The van der Waals surface area contributed by atoms with Crippen molar-refractivity contribution in [1.82, 2.24) is 0 Å². The molecule has 1 saturated carbocycles. The first-order valence-corrected chi connectivity index (χ1v) is 10.2. The Morgan fingerprint density at radius 3 is 2.12 bits per heavy atom. The summed E-state index contributed by atoms with van der Waals surface area (Å²) in [6.07, 6.45) is 10.00. The molecule has 138 valence electrons. The lowest BCUT2D eigenvalue weighted by Crippen LogP contribution is -2.13. The Hall–Kier alpha value is -1.86. The van der Waals surface area contributed by atoms with Crippen LogP contribution in [0.25, 0.3) is 11.1 Å². The Bertz CT molecular complexity index is 660. The first-order chi connectivity index (χ1) is 12.8. The SMILES string of the molecule is C=CCC[C@H]1CC[C@H](c2ccc(-c3ccc(COCC)cc3)cc2)CC1. The van der Waals surface area contributed by atoms with Crippen LogP contribution in [0.3, 0.4) is 0 Å². The van der Waals surface area contributed by atoms with Gasteiger partial charge in [0, 0.05) is 6.61 Å². The van der Waals surface area contributed by atoms with Gasteiger partial charge in [-0.05, 0) is 79.5 Å². The number of rotatable bonds is 8. The highest BCUT2D eigenvalue weighted by molar-refractivity contribution is 5.64. The number of allylic oxidation sites excluding steroid dienone is 1. The zero-order valence-electron chi connectivity index (χ0n) is 16.1. The van der Waals surface area contributed by atoms with E-state index in [1.54, 1.807) is 0 Å². The third kappa shape index (κ3) is 5.08. The van der Waals surface area contributed by atoms with Gasteiger partial charge < -0.3 is 4.74 Å². The molecule has 3 rings (SSSR count). The van der Waals surface area contributed by atoms with Crippen LogP contribution in [-0.2, 0) is 11.3 Å². The van der Waals surface area contributed by atoms with Gasteiger partial charge in [-0.2, -0.15) is 0 Å². The lowest BCUT2D eigenvalue weighted by Gasteiger charge is -2.28. The summed E-state index contributed by atoms with van der Waals surface area (Å²) in [6.45, 7) is 7.35. The van der Waals surface area contributed by atoms with Crippen LogP contribution in [-0.4, -0.2) is 6.61 Å². The van der Waals surface area contributed by atoms with Crippen LogP contribution >= 0.6 is 0 Å². The second-order valence-corrected chi connectivity index (χ2v) is 7.54. The molecule has 1 nitrogen and oxygen atoms in total. The van der Waals surface area contributed by atoms with Gasteiger partial charge in [-0.1, -0.05) is 54.6 Å². The standard InChI is InChI=1S/C25H32O/c1-3-5-6-20-7-11-22(12-8-20)24-15-17-25(18-16-24)23-13-9-21(10-14-23)19-26-4-2/h3,9-10,13-18,20,22H,1,4-8,11-12,19H2,2H3/t20-,22-. The summed E-state index contributed by atoms with van der Waals surface area (Å²) in [5.74, 6) is 1.66. The maximum atomic E-state index is 5.47. The van der Waals surface area contributed by atoms with Crippen LogP contribution in [0.4, 0.5) is 0 Å². The Morgan fingerprint density at radius 2 is 1.54 bits per heavy atom. The van der Waals surface area contributed by atoms with Gasteiger partial charge in [0.25, 0.3) is 0 Å². The van der Waals surface area contributed by atoms with Crippen molar-refractivity contribution >= 4 is 0 Å². The molecule has 0 radical (unpaired) electrons. The van der Waals surface area contributed by atoms with Crippen LogP contribution in [0.5, 0.6) is 0 Å². The Morgan fingerprint density at radius 1 is 0.923 bits per heavy atom. The lowest BCUT2D eigenvalue weighted by atomic mass is 9.77. The number of ether oxygens (including phenoxy) is 1. The van der Waals surface area contributed by atoms with Crippen molar-refractivity contribution in [3.8, 4) is 11.1 Å². The van der Waals surface area contributed by atoms with E-state index in [4.69, 9.17) is 4.74 Å². The third-order valence-corrected chi connectivity index (χ3v) is 5.77. The minimum Gasteiger partial charge on any atom is -0.377 e. The summed E-state index contributed by atoms with van der Waals surface area (Å²) < 4.78 is 5.47. The van der Waals surface area contributed by atoms with Gasteiger partial charge in [0.1, 0.15) is 0 Å². The number of benzene rings is 2. The first-order valence-electron chi connectivity index (χ1n) is 10.2. The number of hydrogen-bond donors (Lipinski definition) is 0. The summed E-state index contributed by atoms with van der Waals surface area (Å²) >= 11 is 0. The van der Waals surface area contributed by atoms with E-state index in [1.807, 2.05) is 6.92 Å². The summed E-state index contributed by atoms with van der Waals surface area (Å²) in [5.41, 5.74) is 5.34. The van der Waals surface area contributed by atoms with Crippen LogP contribution in [0, 0.1) is 5.92 Å². The Kier molecular flexibility index (Phi) is 7.08. The maximum absolute atomic E-state index is 5.47. The molecule has 26 heavy (non-hydrogen) atoms. The van der Waals surface area contributed by atoms with Gasteiger partial charge in [-0.3, -0.25) is 0 Å². The topological polar surface area (TPSA) is 9.23 Å². The van der Waals surface area contributed by atoms with E-state index in [0.29, 0.717) is 6.61 Å². The smallest absolute Gasteiger partial charge is 0.0716 e. The maximum Gasteiger partial charge on any atom is 0.0716 e. The average molecular weight is 349 g/mol. The molecular weight excluding hydrogens is 316 g/mol. The monoisotopic (exact) mass is 348 g/mol. The highest BCUT2D eigenvalue weighted by atomic mass is 16.5. The summed E-state index contributed by atoms with van der Waals surface area (Å²) in [6, 6.07) is 18.0. The fraction of sp³-hybridized carbons (Fsp3) is 0.440. The second kappa shape index (κ2) is 9.73. The Labute approximate surface area is 159 Å². The predicted molar refractivity (Wildman–Crippen MR) is 111 cm³/mol. The van der Waals surface area contributed by atoms with Gasteiger partial charge in [-0.25, -0.2) is 0 Å². The van der Waals surface area contributed by atoms with E-state index in [1.165, 1.54) is 60.8 Å². The molecule has 0 bridgehead atoms. The van der Waals surface area contributed by atoms with E-state index in [0.717, 1.165) is 18.4 Å². The molecule has 1 heteroatoms. The van der Waals surface area contributed by atoms with Crippen molar-refractivity contribution in [2.75, 3.05) is 6.61 Å². The predicted octanol–water partition coefficient (Wildman–Crippen LogP) is 7.13. The fourth-order valence-electron chi connectivity index (χ4n) is 4.10. The molecule has 2 aromatic carbocycles. The van der Waals surface area contributed by atoms with E-state index >= 15 is 0 Å². The molecule has 0 heterocycles. The van der Waals surface area contributed by atoms with E-state index in [2.05, 4.69) is 61.2 Å². The van der Waals surface area contributed by atoms with Crippen LogP contribution in [0.1, 0.15) is 62.5 Å². The van der Waals surface area contributed by atoms with E-state index in [-0.39, 0.29) is 0 Å². The first kappa shape index (κ1) is 18.9. The average Bonchev–Trinajstić information content (AvgIpc) is 2.72. The molecule has 0 saturated heterocycles. The molecule has 0 atom stereocenters. The van der Waals surface area contributed by atoms with Gasteiger partial charge in [0.15, 0.2) is 0 Å². The van der Waals surface area contributed by atoms with E-state index < -0.39 is 0 Å². The van der Waals surface area contributed by atoms with Crippen LogP contribution in [0.2, 0.25) is 0 Å². The zero-order valence-corrected chi connectivity index (χ0v) is 16.1. The molecular formula is C25H32O. The molecule has 0 unspecified atom stereocenters. The summed E-state index contributed by atoms with van der Waals surface area (Å²) in [5, 5.41) is 0. The van der Waals surface area contributed by atoms with E-state index in [9.17, 15) is 0 Å². The minimum absolute atomic E-state index is 0.700.